The molecule has 90 valence electrons. The lowest BCUT2D eigenvalue weighted by Crippen LogP contribution is -2.39. The molecule has 0 spiro atoms. The lowest BCUT2D eigenvalue weighted by Gasteiger charge is -2.40. The largest absolute Gasteiger partial charge is 0.197 e. The molecule has 0 aliphatic rings. The molecule has 1 nitrogen and oxygen atoms in total. The Labute approximate surface area is 105 Å². The lowest BCUT2D eigenvalue weighted by molar-refractivity contribution is 0.243. The standard InChI is InChI=1S/C16H21N/c1-13(2)11-16(12-17,15(3,4)5)14-9-7-6-8-10-14/h6-10H,1,11H2,2-5H3. The number of rotatable bonds is 3. The van der Waals surface area contributed by atoms with Gasteiger partial charge in [0.2, 0.25) is 0 Å². The van der Waals surface area contributed by atoms with E-state index in [0.717, 1.165) is 11.1 Å². The van der Waals surface area contributed by atoms with Crippen LogP contribution in [0.15, 0.2) is 42.5 Å². The number of allylic oxidation sites excluding steroid dienone is 1. The Balaban J connectivity index is 3.38. The van der Waals surface area contributed by atoms with Crippen LogP contribution in [0, 0.1) is 16.7 Å². The molecule has 0 bridgehead atoms. The van der Waals surface area contributed by atoms with Gasteiger partial charge in [0.1, 0.15) is 0 Å². The van der Waals surface area contributed by atoms with E-state index in [2.05, 4.69) is 33.4 Å². The van der Waals surface area contributed by atoms with Crippen molar-refractivity contribution in [2.75, 3.05) is 0 Å². The van der Waals surface area contributed by atoms with Crippen molar-refractivity contribution >= 4 is 0 Å². The number of hydrogen-bond donors (Lipinski definition) is 0. The lowest BCUT2D eigenvalue weighted by atomic mass is 9.61. The molecule has 0 amide bonds. The quantitative estimate of drug-likeness (QED) is 0.699. The van der Waals surface area contributed by atoms with Crippen LogP contribution in [0.1, 0.15) is 39.7 Å². The maximum Gasteiger partial charge on any atom is 0.0907 e. The molecule has 1 aromatic carbocycles. The van der Waals surface area contributed by atoms with Gasteiger partial charge < -0.3 is 0 Å². The van der Waals surface area contributed by atoms with Gasteiger partial charge in [-0.1, -0.05) is 56.7 Å². The SMILES string of the molecule is C=C(C)CC(C#N)(c1ccccc1)C(C)(C)C. The van der Waals surface area contributed by atoms with Gasteiger partial charge in [-0.05, 0) is 24.3 Å². The van der Waals surface area contributed by atoms with Crippen molar-refractivity contribution in [3.63, 3.8) is 0 Å². The minimum Gasteiger partial charge on any atom is -0.197 e. The van der Waals surface area contributed by atoms with Crippen LogP contribution in [0.25, 0.3) is 0 Å². The molecule has 1 rings (SSSR count). The van der Waals surface area contributed by atoms with Crippen LogP contribution in [0.4, 0.5) is 0 Å². The van der Waals surface area contributed by atoms with Gasteiger partial charge in [-0.3, -0.25) is 0 Å². The van der Waals surface area contributed by atoms with Crippen LogP contribution in [0.3, 0.4) is 0 Å². The van der Waals surface area contributed by atoms with E-state index in [1.54, 1.807) is 0 Å². The Morgan fingerprint density at radius 1 is 1.24 bits per heavy atom. The predicted octanol–water partition coefficient (Wildman–Crippen LogP) is 4.46. The summed E-state index contributed by atoms with van der Waals surface area (Å²) in [6, 6.07) is 12.6. The van der Waals surface area contributed by atoms with Crippen molar-refractivity contribution in [1.82, 2.24) is 0 Å². The molecule has 0 fully saturated rings. The summed E-state index contributed by atoms with van der Waals surface area (Å²) in [5, 5.41) is 9.72. The molecular weight excluding hydrogens is 206 g/mol. The summed E-state index contributed by atoms with van der Waals surface area (Å²) in [5.41, 5.74) is 1.51. The summed E-state index contributed by atoms with van der Waals surface area (Å²) in [4.78, 5) is 0. The molecule has 1 aromatic rings. The first kappa shape index (κ1) is 13.5. The van der Waals surface area contributed by atoms with Crippen LogP contribution >= 0.6 is 0 Å². The van der Waals surface area contributed by atoms with E-state index >= 15 is 0 Å². The topological polar surface area (TPSA) is 23.8 Å². The van der Waals surface area contributed by atoms with Crippen molar-refractivity contribution in [2.24, 2.45) is 5.41 Å². The first-order valence-corrected chi connectivity index (χ1v) is 5.94. The maximum absolute atomic E-state index is 9.72. The van der Waals surface area contributed by atoms with Gasteiger partial charge >= 0.3 is 0 Å². The second-order valence-corrected chi connectivity index (χ2v) is 5.77. The average Bonchev–Trinajstić information content (AvgIpc) is 2.25. The molecule has 0 aliphatic carbocycles. The second-order valence-electron chi connectivity index (χ2n) is 5.77. The van der Waals surface area contributed by atoms with Crippen molar-refractivity contribution in [2.45, 2.75) is 39.5 Å². The highest BCUT2D eigenvalue weighted by Crippen LogP contribution is 2.45. The summed E-state index contributed by atoms with van der Waals surface area (Å²) < 4.78 is 0. The fourth-order valence-electron chi connectivity index (χ4n) is 2.25. The van der Waals surface area contributed by atoms with E-state index in [1.807, 2.05) is 37.3 Å². The monoisotopic (exact) mass is 227 g/mol. The molecule has 0 aromatic heterocycles. The summed E-state index contributed by atoms with van der Waals surface area (Å²) in [7, 11) is 0. The molecule has 0 heterocycles. The van der Waals surface area contributed by atoms with Crippen LogP contribution in [-0.2, 0) is 5.41 Å². The Morgan fingerprint density at radius 3 is 2.12 bits per heavy atom. The molecule has 0 radical (unpaired) electrons. The van der Waals surface area contributed by atoms with Gasteiger partial charge in [-0.15, -0.1) is 6.58 Å². The zero-order valence-electron chi connectivity index (χ0n) is 11.2. The van der Waals surface area contributed by atoms with E-state index in [0.29, 0.717) is 6.42 Å². The van der Waals surface area contributed by atoms with Crippen molar-refractivity contribution in [3.8, 4) is 6.07 Å². The van der Waals surface area contributed by atoms with E-state index in [1.165, 1.54) is 0 Å². The van der Waals surface area contributed by atoms with Crippen molar-refractivity contribution < 1.29 is 0 Å². The zero-order valence-corrected chi connectivity index (χ0v) is 11.2. The van der Waals surface area contributed by atoms with Gasteiger partial charge in [0.15, 0.2) is 0 Å². The number of nitrogens with zero attached hydrogens (tertiary/aromatic N) is 1. The van der Waals surface area contributed by atoms with Crippen LogP contribution in [0.2, 0.25) is 0 Å². The highest BCUT2D eigenvalue weighted by molar-refractivity contribution is 5.37. The zero-order chi connectivity index (χ0) is 13.1. The average molecular weight is 227 g/mol. The van der Waals surface area contributed by atoms with Gasteiger partial charge in [0, 0.05) is 0 Å². The molecule has 1 atom stereocenters. The molecular formula is C16H21N. The Hall–Kier alpha value is -1.55. The van der Waals surface area contributed by atoms with E-state index in [9.17, 15) is 5.26 Å². The smallest absolute Gasteiger partial charge is 0.0907 e. The van der Waals surface area contributed by atoms with E-state index in [4.69, 9.17) is 0 Å². The summed E-state index contributed by atoms with van der Waals surface area (Å²) in [5.74, 6) is 0. The third kappa shape index (κ3) is 2.58. The molecule has 0 N–H and O–H groups in total. The Bertz CT molecular complexity index is 431. The molecule has 0 aliphatic heterocycles. The van der Waals surface area contributed by atoms with E-state index < -0.39 is 5.41 Å². The van der Waals surface area contributed by atoms with Crippen LogP contribution < -0.4 is 0 Å². The maximum atomic E-state index is 9.72. The molecule has 0 saturated carbocycles. The van der Waals surface area contributed by atoms with Gasteiger partial charge in [-0.25, -0.2) is 0 Å². The first-order valence-electron chi connectivity index (χ1n) is 5.94. The second kappa shape index (κ2) is 4.75. The summed E-state index contributed by atoms with van der Waals surface area (Å²) in [6.07, 6.45) is 0.705. The van der Waals surface area contributed by atoms with Gasteiger partial charge in [0.05, 0.1) is 11.5 Å². The van der Waals surface area contributed by atoms with Crippen LogP contribution in [-0.4, -0.2) is 0 Å². The van der Waals surface area contributed by atoms with Crippen LogP contribution in [0.5, 0.6) is 0 Å². The fourth-order valence-corrected chi connectivity index (χ4v) is 2.25. The molecule has 17 heavy (non-hydrogen) atoms. The Morgan fingerprint density at radius 2 is 1.76 bits per heavy atom. The first-order chi connectivity index (χ1) is 7.83. The highest BCUT2D eigenvalue weighted by atomic mass is 14.5. The Kier molecular flexibility index (Phi) is 3.78. The van der Waals surface area contributed by atoms with Crippen molar-refractivity contribution in [3.05, 3.63) is 48.0 Å². The van der Waals surface area contributed by atoms with Gasteiger partial charge in [-0.2, -0.15) is 5.26 Å². The number of benzene rings is 1. The number of nitriles is 1. The molecule has 0 saturated heterocycles. The highest BCUT2D eigenvalue weighted by Gasteiger charge is 2.43. The minimum atomic E-state index is -0.500. The fraction of sp³-hybridized carbons (Fsp3) is 0.438. The number of hydrogen-bond acceptors (Lipinski definition) is 1. The van der Waals surface area contributed by atoms with Crippen molar-refractivity contribution in [1.29, 1.82) is 5.26 Å². The summed E-state index contributed by atoms with van der Waals surface area (Å²) >= 11 is 0. The molecule has 1 heteroatoms. The summed E-state index contributed by atoms with van der Waals surface area (Å²) in [6.45, 7) is 12.3. The normalized spacial score (nSPS) is 14.8. The molecule has 1 unspecified atom stereocenters. The third-order valence-electron chi connectivity index (χ3n) is 3.30. The van der Waals surface area contributed by atoms with E-state index in [-0.39, 0.29) is 5.41 Å². The predicted molar refractivity (Wildman–Crippen MR) is 72.6 cm³/mol. The third-order valence-corrected chi connectivity index (χ3v) is 3.30. The van der Waals surface area contributed by atoms with Gasteiger partial charge in [0.25, 0.3) is 0 Å². The minimum absolute atomic E-state index is 0.123.